The normalized spacial score (nSPS) is 19.4. The average molecular weight is 160 g/mol. The molecule has 0 aliphatic carbocycles. The van der Waals surface area contributed by atoms with Crippen molar-refractivity contribution in [1.82, 2.24) is 0 Å². The Hall–Kier alpha value is -0.0800. The van der Waals surface area contributed by atoms with Crippen LogP contribution in [0.25, 0.3) is 0 Å². The van der Waals surface area contributed by atoms with Crippen LogP contribution in [0.5, 0.6) is 0 Å². The van der Waals surface area contributed by atoms with E-state index >= 15 is 0 Å². The van der Waals surface area contributed by atoms with Gasteiger partial charge < -0.3 is 10.2 Å². The van der Waals surface area contributed by atoms with Gasteiger partial charge >= 0.3 is 0 Å². The van der Waals surface area contributed by atoms with Crippen molar-refractivity contribution in [2.45, 2.75) is 58.2 Å². The fourth-order valence-corrected chi connectivity index (χ4v) is 0.955. The largest absolute Gasteiger partial charge is 0.393 e. The Labute approximate surface area is 69.2 Å². The molecule has 0 amide bonds. The lowest BCUT2D eigenvalue weighted by atomic mass is 9.95. The zero-order valence-electron chi connectivity index (χ0n) is 7.80. The number of aliphatic hydroxyl groups excluding tert-OH is 1. The summed E-state index contributed by atoms with van der Waals surface area (Å²) in [6, 6.07) is 0. The van der Waals surface area contributed by atoms with Crippen molar-refractivity contribution in [3.05, 3.63) is 0 Å². The second-order valence-electron chi connectivity index (χ2n) is 3.59. The number of hydrogen-bond donors (Lipinski definition) is 2. The molecule has 0 aromatic heterocycles. The second kappa shape index (κ2) is 4.73. The predicted molar refractivity (Wildman–Crippen MR) is 46.4 cm³/mol. The lowest BCUT2D eigenvalue weighted by Crippen LogP contribution is -2.22. The van der Waals surface area contributed by atoms with Crippen LogP contribution in [-0.4, -0.2) is 21.9 Å². The molecule has 2 heteroatoms. The van der Waals surface area contributed by atoms with Crippen LogP contribution in [0, 0.1) is 0 Å². The zero-order chi connectivity index (χ0) is 8.91. The van der Waals surface area contributed by atoms with Gasteiger partial charge in [-0.2, -0.15) is 0 Å². The van der Waals surface area contributed by atoms with Crippen LogP contribution in [0.4, 0.5) is 0 Å². The van der Waals surface area contributed by atoms with E-state index in [1.54, 1.807) is 6.92 Å². The second-order valence-corrected chi connectivity index (χ2v) is 3.59. The van der Waals surface area contributed by atoms with Crippen molar-refractivity contribution in [2.75, 3.05) is 0 Å². The molecule has 0 bridgehead atoms. The summed E-state index contributed by atoms with van der Waals surface area (Å²) in [7, 11) is 0. The molecule has 0 saturated carbocycles. The van der Waals surface area contributed by atoms with Crippen molar-refractivity contribution in [3.8, 4) is 0 Å². The molecule has 2 N–H and O–H groups in total. The molecule has 0 spiro atoms. The van der Waals surface area contributed by atoms with Gasteiger partial charge in [0.2, 0.25) is 0 Å². The summed E-state index contributed by atoms with van der Waals surface area (Å²) >= 11 is 0. The molecule has 2 nitrogen and oxygen atoms in total. The van der Waals surface area contributed by atoms with Gasteiger partial charge in [-0.05, 0) is 39.5 Å². The summed E-state index contributed by atoms with van der Waals surface area (Å²) in [6.07, 6.45) is 3.03. The molecule has 0 radical (unpaired) electrons. The summed E-state index contributed by atoms with van der Waals surface area (Å²) in [5.41, 5.74) is -0.533. The topological polar surface area (TPSA) is 40.5 Å². The predicted octanol–water partition coefficient (Wildman–Crippen LogP) is 1.70. The van der Waals surface area contributed by atoms with Gasteiger partial charge in [0.1, 0.15) is 0 Å². The highest BCUT2D eigenvalue weighted by atomic mass is 16.3. The molecule has 2 unspecified atom stereocenters. The van der Waals surface area contributed by atoms with Gasteiger partial charge in [0.05, 0.1) is 11.7 Å². The fraction of sp³-hybridized carbons (Fsp3) is 1.00. The van der Waals surface area contributed by atoms with E-state index in [1.807, 2.05) is 13.8 Å². The highest BCUT2D eigenvalue weighted by molar-refractivity contribution is 4.69. The van der Waals surface area contributed by atoms with Gasteiger partial charge in [-0.25, -0.2) is 0 Å². The maximum Gasteiger partial charge on any atom is 0.0617 e. The Morgan fingerprint density at radius 2 is 2.00 bits per heavy atom. The standard InChI is InChI=1S/C9H20O2/c1-4-9(3,11)7-5-6-8(2)10/h8,10-11H,4-7H2,1-3H3. The van der Waals surface area contributed by atoms with E-state index in [4.69, 9.17) is 5.11 Å². The van der Waals surface area contributed by atoms with Crippen LogP contribution in [0.3, 0.4) is 0 Å². The molecule has 0 fully saturated rings. The Morgan fingerprint density at radius 3 is 2.36 bits per heavy atom. The Bertz CT molecular complexity index is 97.7. The summed E-state index contributed by atoms with van der Waals surface area (Å²) in [4.78, 5) is 0. The van der Waals surface area contributed by atoms with Crippen LogP contribution in [0.1, 0.15) is 46.5 Å². The smallest absolute Gasteiger partial charge is 0.0617 e. The number of rotatable bonds is 5. The lowest BCUT2D eigenvalue weighted by Gasteiger charge is -2.21. The van der Waals surface area contributed by atoms with E-state index in [-0.39, 0.29) is 6.10 Å². The third kappa shape index (κ3) is 6.32. The van der Waals surface area contributed by atoms with Gasteiger partial charge in [-0.1, -0.05) is 6.92 Å². The molecule has 0 aromatic rings. The van der Waals surface area contributed by atoms with Gasteiger partial charge in [0.15, 0.2) is 0 Å². The van der Waals surface area contributed by atoms with Crippen molar-refractivity contribution in [2.24, 2.45) is 0 Å². The number of aliphatic hydroxyl groups is 2. The first-order chi connectivity index (χ1) is 4.98. The van der Waals surface area contributed by atoms with Crippen LogP contribution in [-0.2, 0) is 0 Å². The van der Waals surface area contributed by atoms with Gasteiger partial charge in [0.25, 0.3) is 0 Å². The summed E-state index contributed by atoms with van der Waals surface area (Å²) in [5.74, 6) is 0. The van der Waals surface area contributed by atoms with Crippen molar-refractivity contribution >= 4 is 0 Å². The average Bonchev–Trinajstić information content (AvgIpc) is 1.87. The minimum Gasteiger partial charge on any atom is -0.393 e. The summed E-state index contributed by atoms with van der Waals surface area (Å²) in [5, 5.41) is 18.5. The monoisotopic (exact) mass is 160 g/mol. The van der Waals surface area contributed by atoms with Crippen molar-refractivity contribution in [3.63, 3.8) is 0 Å². The van der Waals surface area contributed by atoms with Crippen LogP contribution >= 0.6 is 0 Å². The first-order valence-electron chi connectivity index (χ1n) is 4.38. The molecule has 11 heavy (non-hydrogen) atoms. The molecule has 68 valence electrons. The Balaban J connectivity index is 3.38. The van der Waals surface area contributed by atoms with Gasteiger partial charge in [0, 0.05) is 0 Å². The van der Waals surface area contributed by atoms with Crippen molar-refractivity contribution < 1.29 is 10.2 Å². The summed E-state index contributed by atoms with van der Waals surface area (Å²) in [6.45, 7) is 5.60. The first-order valence-corrected chi connectivity index (χ1v) is 4.38. The third-order valence-corrected chi connectivity index (χ3v) is 2.10. The van der Waals surface area contributed by atoms with E-state index in [1.165, 1.54) is 0 Å². The lowest BCUT2D eigenvalue weighted by molar-refractivity contribution is 0.0407. The Kier molecular flexibility index (Phi) is 4.69. The molecule has 2 atom stereocenters. The maximum absolute atomic E-state index is 9.55. The van der Waals surface area contributed by atoms with E-state index in [0.717, 1.165) is 25.7 Å². The maximum atomic E-state index is 9.55. The highest BCUT2D eigenvalue weighted by Gasteiger charge is 2.16. The SMILES string of the molecule is CCC(C)(O)CCCC(C)O. The molecular formula is C9H20O2. The zero-order valence-corrected chi connectivity index (χ0v) is 7.80. The highest BCUT2D eigenvalue weighted by Crippen LogP contribution is 2.17. The fourth-order valence-electron chi connectivity index (χ4n) is 0.955. The molecule has 0 aliphatic rings. The quantitative estimate of drug-likeness (QED) is 0.642. The minimum atomic E-state index is -0.533. The van der Waals surface area contributed by atoms with Crippen LogP contribution in [0.2, 0.25) is 0 Å². The van der Waals surface area contributed by atoms with Crippen molar-refractivity contribution in [1.29, 1.82) is 0 Å². The van der Waals surface area contributed by atoms with E-state index in [0.29, 0.717) is 0 Å². The number of hydrogen-bond acceptors (Lipinski definition) is 2. The Morgan fingerprint density at radius 1 is 1.45 bits per heavy atom. The van der Waals surface area contributed by atoms with Gasteiger partial charge in [-0.3, -0.25) is 0 Å². The van der Waals surface area contributed by atoms with Crippen LogP contribution in [0.15, 0.2) is 0 Å². The third-order valence-electron chi connectivity index (χ3n) is 2.10. The molecule has 0 rings (SSSR count). The molecule has 0 aliphatic heterocycles. The molecule has 0 saturated heterocycles. The van der Waals surface area contributed by atoms with E-state index < -0.39 is 5.60 Å². The molecular weight excluding hydrogens is 140 g/mol. The minimum absolute atomic E-state index is 0.234. The van der Waals surface area contributed by atoms with Gasteiger partial charge in [-0.15, -0.1) is 0 Å². The first kappa shape index (κ1) is 10.9. The van der Waals surface area contributed by atoms with Crippen LogP contribution < -0.4 is 0 Å². The van der Waals surface area contributed by atoms with E-state index in [2.05, 4.69) is 0 Å². The van der Waals surface area contributed by atoms with E-state index in [9.17, 15) is 5.11 Å². The molecule has 0 aromatic carbocycles. The summed E-state index contributed by atoms with van der Waals surface area (Å²) < 4.78 is 0. The molecule has 0 heterocycles.